The summed E-state index contributed by atoms with van der Waals surface area (Å²) in [6.45, 7) is 1.35. The molecule has 0 spiro atoms. The molecule has 2 N–H and O–H groups in total. The summed E-state index contributed by atoms with van der Waals surface area (Å²) in [5, 5.41) is 17.2. The van der Waals surface area contributed by atoms with Crippen molar-refractivity contribution in [1.29, 1.82) is 0 Å². The van der Waals surface area contributed by atoms with Gasteiger partial charge in [0, 0.05) is 5.57 Å². The van der Waals surface area contributed by atoms with E-state index in [1.54, 1.807) is 0 Å². The van der Waals surface area contributed by atoms with Gasteiger partial charge in [-0.05, 0) is 13.0 Å². The van der Waals surface area contributed by atoms with E-state index >= 15 is 0 Å². The van der Waals surface area contributed by atoms with Crippen LogP contribution in [0.1, 0.15) is 23.1 Å². The molecule has 0 amide bonds. The van der Waals surface area contributed by atoms with E-state index in [0.717, 1.165) is 11.7 Å². The smallest absolute Gasteiger partial charge is 0.357 e. The summed E-state index contributed by atoms with van der Waals surface area (Å²) >= 11 is 0.730. The SMILES string of the molecule is C/C(=C/c1nsnc1C(=O)O)C(=O)O. The van der Waals surface area contributed by atoms with Gasteiger partial charge in [-0.15, -0.1) is 0 Å². The van der Waals surface area contributed by atoms with Crippen LogP contribution in [0, 0.1) is 0 Å². The molecule has 0 aliphatic heterocycles. The van der Waals surface area contributed by atoms with Crippen molar-refractivity contribution in [2.75, 3.05) is 0 Å². The van der Waals surface area contributed by atoms with E-state index < -0.39 is 11.9 Å². The quantitative estimate of drug-likeness (QED) is 0.719. The first kappa shape index (κ1) is 10.3. The Kier molecular flexibility index (Phi) is 2.92. The van der Waals surface area contributed by atoms with E-state index in [9.17, 15) is 9.59 Å². The molecule has 0 atom stereocenters. The second-order valence-electron chi connectivity index (χ2n) is 2.44. The normalized spacial score (nSPS) is 11.4. The van der Waals surface area contributed by atoms with Crippen molar-refractivity contribution in [3.8, 4) is 0 Å². The molecule has 14 heavy (non-hydrogen) atoms. The predicted molar refractivity (Wildman–Crippen MR) is 48.2 cm³/mol. The van der Waals surface area contributed by atoms with Crippen molar-refractivity contribution in [2.24, 2.45) is 0 Å². The highest BCUT2D eigenvalue weighted by Crippen LogP contribution is 2.10. The van der Waals surface area contributed by atoms with Crippen molar-refractivity contribution in [1.82, 2.24) is 8.75 Å². The van der Waals surface area contributed by atoms with Crippen LogP contribution in [-0.2, 0) is 4.79 Å². The van der Waals surface area contributed by atoms with Gasteiger partial charge in [-0.1, -0.05) is 0 Å². The van der Waals surface area contributed by atoms with Crippen LogP contribution in [0.2, 0.25) is 0 Å². The molecule has 1 heterocycles. The molecule has 1 rings (SSSR count). The first-order valence-corrected chi connectivity index (χ1v) is 4.23. The second-order valence-corrected chi connectivity index (χ2v) is 2.96. The van der Waals surface area contributed by atoms with Crippen LogP contribution in [0.3, 0.4) is 0 Å². The molecule has 0 aliphatic carbocycles. The molecule has 6 nitrogen and oxygen atoms in total. The summed E-state index contributed by atoms with van der Waals surface area (Å²) in [5.74, 6) is -2.34. The minimum Gasteiger partial charge on any atom is -0.478 e. The molecular weight excluding hydrogens is 208 g/mol. The van der Waals surface area contributed by atoms with Gasteiger partial charge in [-0.2, -0.15) is 8.75 Å². The Morgan fingerprint density at radius 1 is 1.36 bits per heavy atom. The van der Waals surface area contributed by atoms with Gasteiger partial charge in [0.1, 0.15) is 5.69 Å². The van der Waals surface area contributed by atoms with E-state index in [0.29, 0.717) is 0 Å². The Balaban J connectivity index is 3.08. The second kappa shape index (κ2) is 3.97. The minimum absolute atomic E-state index is 0.0141. The molecule has 1 aromatic heterocycles. The number of hydrogen-bond acceptors (Lipinski definition) is 5. The van der Waals surface area contributed by atoms with E-state index in [1.807, 2.05) is 0 Å². The highest BCUT2D eigenvalue weighted by Gasteiger charge is 2.14. The number of nitrogens with zero attached hydrogens (tertiary/aromatic N) is 2. The number of aromatic carboxylic acids is 1. The Labute approximate surface area is 82.8 Å². The van der Waals surface area contributed by atoms with Gasteiger partial charge in [0.05, 0.1) is 11.7 Å². The lowest BCUT2D eigenvalue weighted by Crippen LogP contribution is -2.01. The van der Waals surface area contributed by atoms with Gasteiger partial charge >= 0.3 is 11.9 Å². The number of rotatable bonds is 3. The molecule has 0 bridgehead atoms. The lowest BCUT2D eigenvalue weighted by atomic mass is 10.2. The molecule has 0 unspecified atom stereocenters. The lowest BCUT2D eigenvalue weighted by molar-refractivity contribution is -0.132. The fourth-order valence-electron chi connectivity index (χ4n) is 0.705. The van der Waals surface area contributed by atoms with Gasteiger partial charge in [0.25, 0.3) is 0 Å². The van der Waals surface area contributed by atoms with Crippen molar-refractivity contribution < 1.29 is 19.8 Å². The molecule has 0 saturated heterocycles. The zero-order valence-corrected chi connectivity index (χ0v) is 7.91. The highest BCUT2D eigenvalue weighted by molar-refractivity contribution is 6.99. The van der Waals surface area contributed by atoms with Crippen LogP contribution in [-0.4, -0.2) is 30.9 Å². The summed E-state index contributed by atoms with van der Waals surface area (Å²) in [4.78, 5) is 21.0. The summed E-state index contributed by atoms with van der Waals surface area (Å²) in [6, 6.07) is 0. The summed E-state index contributed by atoms with van der Waals surface area (Å²) in [7, 11) is 0. The van der Waals surface area contributed by atoms with E-state index in [-0.39, 0.29) is 17.0 Å². The Hall–Kier alpha value is -1.76. The number of aliphatic carboxylic acids is 1. The number of hydrogen-bond donors (Lipinski definition) is 2. The molecule has 0 aliphatic rings. The van der Waals surface area contributed by atoms with Crippen molar-refractivity contribution in [2.45, 2.75) is 6.92 Å². The maximum atomic E-state index is 10.6. The van der Waals surface area contributed by atoms with Crippen LogP contribution in [0.5, 0.6) is 0 Å². The minimum atomic E-state index is -1.22. The molecular formula is C7H6N2O4S. The third-order valence-electron chi connectivity index (χ3n) is 1.41. The summed E-state index contributed by atoms with van der Waals surface area (Å²) in [5.41, 5.74) is -0.141. The van der Waals surface area contributed by atoms with E-state index in [1.165, 1.54) is 13.0 Å². The van der Waals surface area contributed by atoms with Crippen molar-refractivity contribution in [3.05, 3.63) is 17.0 Å². The molecule has 74 valence electrons. The van der Waals surface area contributed by atoms with E-state index in [2.05, 4.69) is 8.75 Å². The Morgan fingerprint density at radius 2 is 2.00 bits per heavy atom. The molecule has 1 aromatic rings. The monoisotopic (exact) mass is 214 g/mol. The van der Waals surface area contributed by atoms with Crippen LogP contribution in [0.25, 0.3) is 6.08 Å². The number of carboxylic acids is 2. The standard InChI is InChI=1S/C7H6N2O4S/c1-3(6(10)11)2-4-5(7(12)13)9-14-8-4/h2H,1H3,(H,10,11)(H,12,13)/b3-2-. The molecule has 0 radical (unpaired) electrons. The van der Waals surface area contributed by atoms with Crippen LogP contribution in [0.15, 0.2) is 5.57 Å². The molecule has 0 aromatic carbocycles. The van der Waals surface area contributed by atoms with Gasteiger partial charge < -0.3 is 10.2 Å². The van der Waals surface area contributed by atoms with Gasteiger partial charge in [-0.3, -0.25) is 0 Å². The average molecular weight is 214 g/mol. The van der Waals surface area contributed by atoms with E-state index in [4.69, 9.17) is 10.2 Å². The number of carboxylic acid groups (broad SMARTS) is 2. The van der Waals surface area contributed by atoms with Crippen LogP contribution >= 0.6 is 11.7 Å². The maximum Gasteiger partial charge on any atom is 0.357 e. The topological polar surface area (TPSA) is 100 Å². The van der Waals surface area contributed by atoms with Gasteiger partial charge in [0.2, 0.25) is 0 Å². The summed E-state index contributed by atoms with van der Waals surface area (Å²) in [6.07, 6.45) is 1.18. The van der Waals surface area contributed by atoms with Crippen LogP contribution in [0.4, 0.5) is 0 Å². The predicted octanol–water partition coefficient (Wildman–Crippen LogP) is 0.724. The number of aromatic nitrogens is 2. The summed E-state index contributed by atoms with van der Waals surface area (Å²) < 4.78 is 7.19. The fourth-order valence-corrected chi connectivity index (χ4v) is 1.23. The van der Waals surface area contributed by atoms with Crippen molar-refractivity contribution >= 4 is 29.7 Å². The highest BCUT2D eigenvalue weighted by atomic mass is 32.1. The third-order valence-corrected chi connectivity index (χ3v) is 1.95. The zero-order chi connectivity index (χ0) is 10.7. The Morgan fingerprint density at radius 3 is 2.50 bits per heavy atom. The van der Waals surface area contributed by atoms with Crippen LogP contribution < -0.4 is 0 Å². The van der Waals surface area contributed by atoms with Gasteiger partial charge in [-0.25, -0.2) is 9.59 Å². The average Bonchev–Trinajstić information content (AvgIpc) is 2.52. The largest absolute Gasteiger partial charge is 0.478 e. The molecule has 0 fully saturated rings. The van der Waals surface area contributed by atoms with Crippen molar-refractivity contribution in [3.63, 3.8) is 0 Å². The number of carbonyl (C=O) groups is 2. The fraction of sp³-hybridized carbons (Fsp3) is 0.143. The molecule has 7 heteroatoms. The lowest BCUT2D eigenvalue weighted by Gasteiger charge is -1.91. The van der Waals surface area contributed by atoms with Gasteiger partial charge in [0.15, 0.2) is 5.69 Å². The zero-order valence-electron chi connectivity index (χ0n) is 7.09. The molecule has 0 saturated carbocycles. The first-order valence-electron chi connectivity index (χ1n) is 3.50. The Bertz CT molecular complexity index is 410. The third kappa shape index (κ3) is 2.13. The maximum absolute atomic E-state index is 10.6. The first-order chi connectivity index (χ1) is 6.52.